The molecule has 2 nitrogen and oxygen atoms in total. The third-order valence-corrected chi connectivity index (χ3v) is 3.12. The molecule has 0 unspecified atom stereocenters. The molecule has 0 amide bonds. The lowest BCUT2D eigenvalue weighted by Crippen LogP contribution is -2.20. The number of fused-ring (bicyclic) bond motifs is 1. The average molecular weight is 225 g/mol. The highest BCUT2D eigenvalue weighted by Crippen LogP contribution is 2.14. The monoisotopic (exact) mass is 225 g/mol. The summed E-state index contributed by atoms with van der Waals surface area (Å²) < 4.78 is 5.82. The van der Waals surface area contributed by atoms with Crippen LogP contribution in [0.4, 0.5) is 0 Å². The van der Waals surface area contributed by atoms with Gasteiger partial charge in [-0.25, -0.2) is 4.98 Å². The van der Waals surface area contributed by atoms with Gasteiger partial charge in [0.2, 0.25) is 5.89 Å². The Hall–Kier alpha value is -1.83. The van der Waals surface area contributed by atoms with Crippen molar-refractivity contribution in [1.29, 1.82) is 0 Å². The van der Waals surface area contributed by atoms with E-state index in [2.05, 4.69) is 24.1 Å². The first-order valence-corrected chi connectivity index (χ1v) is 6.05. The number of benzene rings is 1. The molecule has 17 heavy (non-hydrogen) atoms. The van der Waals surface area contributed by atoms with Crippen LogP contribution in [0.5, 0.6) is 0 Å². The van der Waals surface area contributed by atoms with Gasteiger partial charge in [-0.3, -0.25) is 0 Å². The van der Waals surface area contributed by atoms with Crippen LogP contribution in [0.3, 0.4) is 0 Å². The van der Waals surface area contributed by atoms with Crippen molar-refractivity contribution in [3.63, 3.8) is 0 Å². The summed E-state index contributed by atoms with van der Waals surface area (Å²) in [6.07, 6.45) is 6.47. The molecule has 1 aliphatic carbocycles. The van der Waals surface area contributed by atoms with E-state index in [1.807, 2.05) is 30.3 Å². The van der Waals surface area contributed by atoms with Crippen molar-refractivity contribution in [2.75, 3.05) is 0 Å². The fraction of sp³-hybridized carbons (Fsp3) is 0.267. The second-order valence-electron chi connectivity index (χ2n) is 4.62. The van der Waals surface area contributed by atoms with Crippen LogP contribution in [0.2, 0.25) is 0 Å². The zero-order valence-electron chi connectivity index (χ0n) is 9.89. The molecule has 0 radical (unpaired) electrons. The van der Waals surface area contributed by atoms with E-state index in [0.29, 0.717) is 5.92 Å². The fourth-order valence-electron chi connectivity index (χ4n) is 2.06. The van der Waals surface area contributed by atoms with Crippen molar-refractivity contribution in [2.45, 2.75) is 19.8 Å². The summed E-state index contributed by atoms with van der Waals surface area (Å²) in [7, 11) is 0. The Morgan fingerprint density at radius 3 is 2.71 bits per heavy atom. The fourth-order valence-corrected chi connectivity index (χ4v) is 2.06. The smallest absolute Gasteiger partial charge is 0.227 e. The van der Waals surface area contributed by atoms with E-state index in [1.165, 1.54) is 0 Å². The molecule has 0 spiro atoms. The van der Waals surface area contributed by atoms with Gasteiger partial charge < -0.3 is 4.42 Å². The van der Waals surface area contributed by atoms with Crippen LogP contribution < -0.4 is 10.8 Å². The second-order valence-corrected chi connectivity index (χ2v) is 4.62. The molecule has 1 atom stereocenters. The maximum atomic E-state index is 5.82. The van der Waals surface area contributed by atoms with Crippen molar-refractivity contribution in [1.82, 2.24) is 4.98 Å². The van der Waals surface area contributed by atoms with Gasteiger partial charge in [-0.15, -0.1) is 0 Å². The van der Waals surface area contributed by atoms with Gasteiger partial charge in [-0.1, -0.05) is 31.2 Å². The molecule has 1 aromatic heterocycles. The zero-order chi connectivity index (χ0) is 11.7. The van der Waals surface area contributed by atoms with Crippen molar-refractivity contribution in [2.24, 2.45) is 5.92 Å². The van der Waals surface area contributed by atoms with Crippen LogP contribution in [-0.4, -0.2) is 4.98 Å². The maximum absolute atomic E-state index is 5.82. The minimum atomic E-state index is 0.680. The lowest BCUT2D eigenvalue weighted by molar-refractivity contribution is 0.536. The molecular formula is C15H15NO. The normalized spacial score (nSPS) is 18.8. The third kappa shape index (κ3) is 2.03. The molecular weight excluding hydrogens is 210 g/mol. The topological polar surface area (TPSA) is 26.0 Å². The van der Waals surface area contributed by atoms with Gasteiger partial charge in [-0.05, 0) is 37.0 Å². The number of aromatic nitrogens is 1. The van der Waals surface area contributed by atoms with Crippen molar-refractivity contribution >= 4 is 12.2 Å². The number of oxazole rings is 1. The largest absolute Gasteiger partial charge is 0.436 e. The molecule has 0 N–H and O–H groups in total. The summed E-state index contributed by atoms with van der Waals surface area (Å²) >= 11 is 0. The Labute approximate surface area is 100 Å². The van der Waals surface area contributed by atoms with Gasteiger partial charge in [0, 0.05) is 5.56 Å². The highest BCUT2D eigenvalue weighted by Gasteiger charge is 2.08. The van der Waals surface area contributed by atoms with Gasteiger partial charge in [0.05, 0.1) is 0 Å². The molecule has 1 aliphatic rings. The first-order chi connectivity index (χ1) is 8.33. The quantitative estimate of drug-likeness (QED) is 0.744. The number of hydrogen-bond acceptors (Lipinski definition) is 2. The molecule has 2 heteroatoms. The molecule has 0 aliphatic heterocycles. The minimum absolute atomic E-state index is 0.680. The number of hydrogen-bond donors (Lipinski definition) is 0. The van der Waals surface area contributed by atoms with E-state index >= 15 is 0 Å². The van der Waals surface area contributed by atoms with Gasteiger partial charge in [-0.2, -0.15) is 0 Å². The minimum Gasteiger partial charge on any atom is -0.436 e. The molecule has 1 heterocycles. The number of rotatable bonds is 1. The van der Waals surface area contributed by atoms with Crippen LogP contribution in [-0.2, 0) is 0 Å². The van der Waals surface area contributed by atoms with Crippen molar-refractivity contribution < 1.29 is 4.42 Å². The molecule has 0 saturated carbocycles. The van der Waals surface area contributed by atoms with Gasteiger partial charge in [0.1, 0.15) is 5.35 Å². The SMILES string of the molecule is C[C@H]1CC=c2nc(-c3ccccc3)oc2=CC1. The highest BCUT2D eigenvalue weighted by atomic mass is 16.3. The standard InChI is InChI=1S/C15H15NO/c1-11-7-9-13-14(10-8-11)17-15(16-13)12-5-3-2-4-6-12/h2-6,9-11H,7-8H2,1H3/t11-/m0/s1. The second kappa shape index (κ2) is 4.21. The molecule has 3 rings (SSSR count). The lowest BCUT2D eigenvalue weighted by atomic mass is 10.1. The van der Waals surface area contributed by atoms with E-state index in [4.69, 9.17) is 4.42 Å². The number of nitrogens with zero attached hydrogens (tertiary/aromatic N) is 1. The highest BCUT2D eigenvalue weighted by molar-refractivity contribution is 5.52. The van der Waals surface area contributed by atoms with E-state index in [9.17, 15) is 0 Å². The van der Waals surface area contributed by atoms with Crippen LogP contribution in [0.25, 0.3) is 23.6 Å². The zero-order valence-corrected chi connectivity index (χ0v) is 9.89. The van der Waals surface area contributed by atoms with Crippen LogP contribution in [0.1, 0.15) is 19.8 Å². The summed E-state index contributed by atoms with van der Waals surface area (Å²) in [4.78, 5) is 4.56. The Balaban J connectivity index is 2.11. The molecule has 1 aromatic carbocycles. The predicted molar refractivity (Wildman–Crippen MR) is 68.5 cm³/mol. The predicted octanol–water partition coefficient (Wildman–Crippen LogP) is 2.33. The van der Waals surface area contributed by atoms with E-state index in [1.54, 1.807) is 0 Å². The summed E-state index contributed by atoms with van der Waals surface area (Å²) in [6.45, 7) is 2.25. The van der Waals surface area contributed by atoms with Crippen molar-refractivity contribution in [3.05, 3.63) is 41.1 Å². The summed E-state index contributed by atoms with van der Waals surface area (Å²) in [5.41, 5.74) is 1.96. The summed E-state index contributed by atoms with van der Waals surface area (Å²) in [5.74, 6) is 1.40. The summed E-state index contributed by atoms with van der Waals surface area (Å²) in [5, 5.41) is 0.994. The van der Waals surface area contributed by atoms with Crippen LogP contribution in [0, 0.1) is 5.92 Å². The van der Waals surface area contributed by atoms with Gasteiger partial charge in [0.25, 0.3) is 0 Å². The Morgan fingerprint density at radius 1 is 1.12 bits per heavy atom. The molecule has 86 valence electrons. The molecule has 0 saturated heterocycles. The Kier molecular flexibility index (Phi) is 2.56. The van der Waals surface area contributed by atoms with Crippen LogP contribution >= 0.6 is 0 Å². The first-order valence-electron chi connectivity index (χ1n) is 6.05. The third-order valence-electron chi connectivity index (χ3n) is 3.12. The maximum Gasteiger partial charge on any atom is 0.227 e. The summed E-state index contributed by atoms with van der Waals surface area (Å²) in [6, 6.07) is 10.0. The van der Waals surface area contributed by atoms with E-state index in [0.717, 1.165) is 35.1 Å². The van der Waals surface area contributed by atoms with Crippen LogP contribution in [0.15, 0.2) is 34.7 Å². The first kappa shape index (κ1) is 10.3. The lowest BCUT2D eigenvalue weighted by Gasteiger charge is -2.00. The van der Waals surface area contributed by atoms with E-state index in [-0.39, 0.29) is 0 Å². The molecule has 0 fully saturated rings. The molecule has 0 bridgehead atoms. The average Bonchev–Trinajstić information content (AvgIpc) is 2.71. The van der Waals surface area contributed by atoms with E-state index < -0.39 is 0 Å². The van der Waals surface area contributed by atoms with Gasteiger partial charge >= 0.3 is 0 Å². The molecule has 2 aromatic rings. The van der Waals surface area contributed by atoms with Crippen molar-refractivity contribution in [3.8, 4) is 11.5 Å². The van der Waals surface area contributed by atoms with Gasteiger partial charge in [0.15, 0.2) is 5.42 Å². The Bertz CT molecular complexity index is 589. The Morgan fingerprint density at radius 2 is 1.88 bits per heavy atom.